The number of rotatable bonds is 7. The lowest BCUT2D eigenvalue weighted by atomic mass is 10.1. The summed E-state index contributed by atoms with van der Waals surface area (Å²) < 4.78 is 10.1. The van der Waals surface area contributed by atoms with Gasteiger partial charge in [0.25, 0.3) is 5.56 Å². The van der Waals surface area contributed by atoms with Crippen LogP contribution in [0.25, 0.3) is 0 Å². The molecule has 0 fully saturated rings. The molecule has 2 heterocycles. The zero-order valence-electron chi connectivity index (χ0n) is 14.2. The van der Waals surface area contributed by atoms with Crippen molar-refractivity contribution in [2.45, 2.75) is 39.7 Å². The number of nitrogens with zero attached hydrogens (tertiary/aromatic N) is 3. The number of aryl methyl sites for hydroxylation is 2. The van der Waals surface area contributed by atoms with E-state index in [2.05, 4.69) is 25.4 Å². The number of methoxy groups -OCH3 is 1. The second-order valence-electron chi connectivity index (χ2n) is 5.47. The minimum atomic E-state index is -0.459. The predicted octanol–water partition coefficient (Wildman–Crippen LogP) is 0.379. The molecule has 2 aromatic rings. The van der Waals surface area contributed by atoms with Gasteiger partial charge in [0.2, 0.25) is 11.8 Å². The van der Waals surface area contributed by atoms with Crippen LogP contribution in [0.4, 0.5) is 0 Å². The van der Waals surface area contributed by atoms with Crippen LogP contribution in [-0.4, -0.2) is 39.7 Å². The van der Waals surface area contributed by atoms with Crippen LogP contribution in [0.2, 0.25) is 0 Å². The van der Waals surface area contributed by atoms with Gasteiger partial charge in [0.15, 0.2) is 5.82 Å². The Morgan fingerprint density at radius 3 is 2.79 bits per heavy atom. The standard InChI is InChI=1S/C15H21N5O4/c1-8-11(14(22)18-10(3)16-8)7-13(21)17-9(2)15-19-12(20-24-15)5-6-23-4/h9H,5-7H2,1-4H3,(H,17,21)(H,16,18,22). The second-order valence-corrected chi connectivity index (χ2v) is 5.47. The van der Waals surface area contributed by atoms with Crippen LogP contribution in [0.15, 0.2) is 9.32 Å². The van der Waals surface area contributed by atoms with Crippen LogP contribution in [-0.2, 0) is 22.4 Å². The molecule has 0 aromatic carbocycles. The van der Waals surface area contributed by atoms with Crippen molar-refractivity contribution < 1.29 is 14.1 Å². The molecule has 1 amide bonds. The zero-order chi connectivity index (χ0) is 17.7. The Morgan fingerprint density at radius 1 is 1.38 bits per heavy atom. The molecule has 2 rings (SSSR count). The first-order valence-electron chi connectivity index (χ1n) is 7.58. The van der Waals surface area contributed by atoms with E-state index in [1.165, 1.54) is 0 Å². The van der Waals surface area contributed by atoms with Gasteiger partial charge in [-0.3, -0.25) is 9.59 Å². The van der Waals surface area contributed by atoms with E-state index in [0.29, 0.717) is 41.8 Å². The molecule has 1 atom stereocenters. The maximum absolute atomic E-state index is 12.2. The summed E-state index contributed by atoms with van der Waals surface area (Å²) in [6.45, 7) is 5.61. The summed E-state index contributed by atoms with van der Waals surface area (Å²) in [6.07, 6.45) is 0.466. The fraction of sp³-hybridized carbons (Fsp3) is 0.533. The van der Waals surface area contributed by atoms with E-state index >= 15 is 0 Å². The maximum atomic E-state index is 12.2. The van der Waals surface area contributed by atoms with Crippen LogP contribution in [0.3, 0.4) is 0 Å². The number of nitrogens with one attached hydrogen (secondary N) is 2. The Kier molecular flexibility index (Phi) is 5.80. The number of aromatic nitrogens is 4. The topological polar surface area (TPSA) is 123 Å². The van der Waals surface area contributed by atoms with Crippen molar-refractivity contribution in [3.63, 3.8) is 0 Å². The fourth-order valence-corrected chi connectivity index (χ4v) is 2.21. The first-order valence-corrected chi connectivity index (χ1v) is 7.58. The van der Waals surface area contributed by atoms with E-state index in [0.717, 1.165) is 0 Å². The number of ether oxygens (including phenoxy) is 1. The van der Waals surface area contributed by atoms with Gasteiger partial charge in [-0.15, -0.1) is 0 Å². The number of carbonyl (C=O) groups is 1. The molecular weight excluding hydrogens is 314 g/mol. The van der Waals surface area contributed by atoms with Crippen molar-refractivity contribution in [1.29, 1.82) is 0 Å². The van der Waals surface area contributed by atoms with Crippen LogP contribution in [0.5, 0.6) is 0 Å². The molecule has 1 unspecified atom stereocenters. The van der Waals surface area contributed by atoms with Gasteiger partial charge in [-0.05, 0) is 20.8 Å². The summed E-state index contributed by atoms with van der Waals surface area (Å²) in [5.41, 5.74) is 0.581. The highest BCUT2D eigenvalue weighted by atomic mass is 16.5. The van der Waals surface area contributed by atoms with Gasteiger partial charge >= 0.3 is 0 Å². The van der Waals surface area contributed by atoms with Crippen molar-refractivity contribution in [3.8, 4) is 0 Å². The molecule has 0 aliphatic heterocycles. The molecule has 0 radical (unpaired) electrons. The predicted molar refractivity (Wildman–Crippen MR) is 84.5 cm³/mol. The van der Waals surface area contributed by atoms with Gasteiger partial charge in [-0.2, -0.15) is 4.98 Å². The van der Waals surface area contributed by atoms with Crippen LogP contribution >= 0.6 is 0 Å². The number of carbonyl (C=O) groups excluding carboxylic acids is 1. The Hall–Kier alpha value is -2.55. The summed E-state index contributed by atoms with van der Waals surface area (Å²) in [7, 11) is 1.59. The molecule has 0 spiro atoms. The van der Waals surface area contributed by atoms with Gasteiger partial charge < -0.3 is 19.6 Å². The Bertz CT molecular complexity index is 767. The van der Waals surface area contributed by atoms with Gasteiger partial charge in [-0.1, -0.05) is 5.16 Å². The first-order chi connectivity index (χ1) is 11.4. The molecule has 2 N–H and O–H groups in total. The van der Waals surface area contributed by atoms with Crippen molar-refractivity contribution in [2.75, 3.05) is 13.7 Å². The van der Waals surface area contributed by atoms with Crippen LogP contribution < -0.4 is 10.9 Å². The minimum Gasteiger partial charge on any atom is -0.384 e. The third-order valence-corrected chi connectivity index (χ3v) is 3.44. The summed E-state index contributed by atoms with van der Waals surface area (Å²) in [4.78, 5) is 35.1. The minimum absolute atomic E-state index is 0.0660. The van der Waals surface area contributed by atoms with E-state index in [4.69, 9.17) is 9.26 Å². The smallest absolute Gasteiger partial charge is 0.254 e. The van der Waals surface area contributed by atoms with Crippen molar-refractivity contribution in [1.82, 2.24) is 25.4 Å². The molecule has 0 aliphatic carbocycles. The van der Waals surface area contributed by atoms with Crippen molar-refractivity contribution in [2.24, 2.45) is 0 Å². The molecule has 2 aromatic heterocycles. The van der Waals surface area contributed by atoms with E-state index < -0.39 is 6.04 Å². The Morgan fingerprint density at radius 2 is 2.12 bits per heavy atom. The first kappa shape index (κ1) is 17.8. The molecular formula is C15H21N5O4. The molecule has 0 saturated heterocycles. The average molecular weight is 335 g/mol. The number of aromatic amines is 1. The molecule has 0 aliphatic rings. The fourth-order valence-electron chi connectivity index (χ4n) is 2.21. The van der Waals surface area contributed by atoms with Crippen molar-refractivity contribution in [3.05, 3.63) is 39.2 Å². The van der Waals surface area contributed by atoms with E-state index in [9.17, 15) is 9.59 Å². The third kappa shape index (κ3) is 4.48. The van der Waals surface area contributed by atoms with Gasteiger partial charge in [-0.25, -0.2) is 4.98 Å². The van der Waals surface area contributed by atoms with Gasteiger partial charge in [0.05, 0.1) is 13.0 Å². The number of H-pyrrole nitrogens is 1. The highest BCUT2D eigenvalue weighted by molar-refractivity contribution is 5.79. The molecule has 9 nitrogen and oxygen atoms in total. The lowest BCUT2D eigenvalue weighted by Crippen LogP contribution is -2.31. The average Bonchev–Trinajstić information content (AvgIpc) is 2.97. The molecule has 9 heteroatoms. The highest BCUT2D eigenvalue weighted by Gasteiger charge is 2.18. The lowest BCUT2D eigenvalue weighted by molar-refractivity contribution is -0.121. The zero-order valence-corrected chi connectivity index (χ0v) is 14.2. The molecule has 130 valence electrons. The van der Waals surface area contributed by atoms with Gasteiger partial charge in [0, 0.05) is 24.8 Å². The number of hydrogen-bond acceptors (Lipinski definition) is 7. The summed E-state index contributed by atoms with van der Waals surface area (Å²) >= 11 is 0. The van der Waals surface area contributed by atoms with Crippen molar-refractivity contribution >= 4 is 5.91 Å². The molecule has 24 heavy (non-hydrogen) atoms. The van der Waals surface area contributed by atoms with E-state index in [-0.39, 0.29) is 17.9 Å². The maximum Gasteiger partial charge on any atom is 0.254 e. The summed E-state index contributed by atoms with van der Waals surface area (Å²) in [5, 5.41) is 6.56. The summed E-state index contributed by atoms with van der Waals surface area (Å²) in [6, 6.07) is -0.459. The monoisotopic (exact) mass is 335 g/mol. The van der Waals surface area contributed by atoms with Crippen LogP contribution in [0, 0.1) is 13.8 Å². The third-order valence-electron chi connectivity index (χ3n) is 3.44. The second kappa shape index (κ2) is 7.82. The summed E-state index contributed by atoms with van der Waals surface area (Å²) in [5.74, 6) is 1.02. The SMILES string of the molecule is COCCc1noc(C(C)NC(=O)Cc2c(C)nc(C)[nH]c2=O)n1. The number of amides is 1. The van der Waals surface area contributed by atoms with Gasteiger partial charge in [0.1, 0.15) is 11.9 Å². The molecule has 0 saturated carbocycles. The lowest BCUT2D eigenvalue weighted by Gasteiger charge is -2.10. The van der Waals surface area contributed by atoms with E-state index in [1.54, 1.807) is 27.9 Å². The Labute approximate surface area is 138 Å². The van der Waals surface area contributed by atoms with Crippen LogP contribution in [0.1, 0.15) is 41.8 Å². The van der Waals surface area contributed by atoms with E-state index in [1.807, 2.05) is 0 Å². The normalized spacial score (nSPS) is 12.2. The number of hydrogen-bond donors (Lipinski definition) is 2. The Balaban J connectivity index is 1.99. The molecule has 0 bridgehead atoms. The largest absolute Gasteiger partial charge is 0.384 e. The quantitative estimate of drug-likeness (QED) is 0.749. The highest BCUT2D eigenvalue weighted by Crippen LogP contribution is 2.10.